The van der Waals surface area contributed by atoms with Crippen molar-refractivity contribution in [3.63, 3.8) is 0 Å². The minimum atomic E-state index is 0.0461. The molecule has 0 spiro atoms. The highest BCUT2D eigenvalue weighted by Gasteiger charge is 2.13. The third kappa shape index (κ3) is 5.37. The van der Waals surface area contributed by atoms with Gasteiger partial charge in [-0.3, -0.25) is 0 Å². The summed E-state index contributed by atoms with van der Waals surface area (Å²) in [6.07, 6.45) is 1.88. The van der Waals surface area contributed by atoms with Crippen molar-refractivity contribution < 1.29 is 5.11 Å². The van der Waals surface area contributed by atoms with Crippen molar-refractivity contribution in [3.8, 4) is 0 Å². The van der Waals surface area contributed by atoms with Gasteiger partial charge in [0.05, 0.1) is 6.61 Å². The third-order valence-corrected chi connectivity index (χ3v) is 4.62. The van der Waals surface area contributed by atoms with E-state index in [1.165, 1.54) is 11.8 Å². The minimum absolute atomic E-state index is 0.0461. The fourth-order valence-electron chi connectivity index (χ4n) is 1.97. The molecule has 0 radical (unpaired) electrons. The zero-order valence-corrected chi connectivity index (χ0v) is 16.0. The van der Waals surface area contributed by atoms with Crippen LogP contribution in [0.1, 0.15) is 11.1 Å². The molecule has 0 atom stereocenters. The third-order valence-electron chi connectivity index (χ3n) is 3.17. The molecule has 0 amide bonds. The molecule has 1 heterocycles. The number of aromatic nitrogens is 2. The molecule has 5 nitrogen and oxygen atoms in total. The van der Waals surface area contributed by atoms with E-state index >= 15 is 0 Å². The fourth-order valence-corrected chi connectivity index (χ4v) is 3.09. The van der Waals surface area contributed by atoms with Crippen LogP contribution in [-0.2, 0) is 13.1 Å². The number of nitrogens with one attached hydrogen (secondary N) is 2. The van der Waals surface area contributed by atoms with Crippen molar-refractivity contribution in [2.75, 3.05) is 24.7 Å². The number of anilines is 1. The Morgan fingerprint density at radius 1 is 1.17 bits per heavy atom. The monoisotopic (exact) mass is 406 g/mol. The molecule has 2 aromatic rings. The minimum Gasteiger partial charge on any atom is -0.395 e. The van der Waals surface area contributed by atoms with Crippen molar-refractivity contribution in [2.24, 2.45) is 0 Å². The highest BCUT2D eigenvalue weighted by Crippen LogP contribution is 2.26. The maximum absolute atomic E-state index is 8.90. The van der Waals surface area contributed by atoms with Crippen molar-refractivity contribution in [3.05, 3.63) is 44.5 Å². The van der Waals surface area contributed by atoms with Gasteiger partial charge in [0.25, 0.3) is 0 Å². The van der Waals surface area contributed by atoms with Crippen LogP contribution in [0.3, 0.4) is 0 Å². The van der Waals surface area contributed by atoms with Crippen molar-refractivity contribution in [1.82, 2.24) is 15.3 Å². The first-order valence-electron chi connectivity index (χ1n) is 7.15. The molecule has 1 aromatic carbocycles. The normalized spacial score (nSPS) is 10.9. The molecule has 0 bridgehead atoms. The van der Waals surface area contributed by atoms with E-state index < -0.39 is 0 Å². The number of benzene rings is 1. The van der Waals surface area contributed by atoms with Crippen LogP contribution in [0, 0.1) is 0 Å². The molecule has 0 aliphatic rings. The van der Waals surface area contributed by atoms with Gasteiger partial charge in [-0.1, -0.05) is 52.6 Å². The number of nitrogens with zero attached hydrogens (tertiary/aromatic N) is 2. The largest absolute Gasteiger partial charge is 0.395 e. The molecule has 9 heteroatoms. The van der Waals surface area contributed by atoms with Crippen LogP contribution >= 0.6 is 46.6 Å². The average Bonchev–Trinajstić information content (AvgIpc) is 2.55. The zero-order chi connectivity index (χ0) is 17.5. The topological polar surface area (TPSA) is 70.1 Å². The molecule has 1 aromatic heterocycles. The lowest BCUT2D eigenvalue weighted by Gasteiger charge is -2.14. The second kappa shape index (κ2) is 9.65. The first-order valence-corrected chi connectivity index (χ1v) is 9.50. The van der Waals surface area contributed by atoms with E-state index in [0.29, 0.717) is 45.8 Å². The molecule has 0 aliphatic heterocycles. The van der Waals surface area contributed by atoms with Crippen LogP contribution in [0.2, 0.25) is 15.2 Å². The van der Waals surface area contributed by atoms with E-state index in [1.807, 2.05) is 12.3 Å². The van der Waals surface area contributed by atoms with Gasteiger partial charge in [-0.15, -0.1) is 0 Å². The predicted molar refractivity (Wildman–Crippen MR) is 101 cm³/mol. The Bertz CT molecular complexity index is 703. The number of aliphatic hydroxyl groups excluding tert-OH is 1. The molecule has 24 heavy (non-hydrogen) atoms. The Hall–Kier alpha value is -0.760. The Balaban J connectivity index is 2.21. The standard InChI is InChI=1S/C15H17Cl3N4OS/c1-24-15-21-13(18)11(8-19-4-5-23)14(22-15)20-7-9-2-3-10(16)6-12(9)17/h2-3,6,19,23H,4-5,7-8H2,1H3,(H,20,21,22). The SMILES string of the molecule is CSc1nc(Cl)c(CNCCO)c(NCc2ccc(Cl)cc2Cl)n1. The Morgan fingerprint density at radius 3 is 2.62 bits per heavy atom. The van der Waals surface area contributed by atoms with Crippen LogP contribution in [0.15, 0.2) is 23.4 Å². The second-order valence-electron chi connectivity index (χ2n) is 4.82. The first kappa shape index (κ1) is 19.6. The van der Waals surface area contributed by atoms with Crippen LogP contribution in [0.4, 0.5) is 5.82 Å². The quantitative estimate of drug-likeness (QED) is 0.267. The predicted octanol–water partition coefficient (Wildman–Crippen LogP) is 3.85. The molecule has 3 N–H and O–H groups in total. The summed E-state index contributed by atoms with van der Waals surface area (Å²) in [5.41, 5.74) is 1.64. The van der Waals surface area contributed by atoms with Gasteiger partial charge < -0.3 is 15.7 Å². The maximum atomic E-state index is 8.90. The number of aliphatic hydroxyl groups is 1. The Morgan fingerprint density at radius 2 is 1.96 bits per heavy atom. The number of rotatable bonds is 8. The van der Waals surface area contributed by atoms with E-state index in [-0.39, 0.29) is 6.61 Å². The molecule has 130 valence electrons. The summed E-state index contributed by atoms with van der Waals surface area (Å²) in [7, 11) is 0. The summed E-state index contributed by atoms with van der Waals surface area (Å²) in [5, 5.41) is 17.4. The second-order valence-corrected chi connectivity index (χ2v) is 6.79. The molecule has 0 fully saturated rings. The number of hydrogen-bond donors (Lipinski definition) is 3. The Labute approximate surface area is 160 Å². The van der Waals surface area contributed by atoms with Crippen LogP contribution in [0.5, 0.6) is 0 Å². The summed E-state index contributed by atoms with van der Waals surface area (Å²) < 4.78 is 0. The van der Waals surface area contributed by atoms with Gasteiger partial charge in [0.15, 0.2) is 5.16 Å². The summed E-state index contributed by atoms with van der Waals surface area (Å²) in [6.45, 7) is 1.43. The van der Waals surface area contributed by atoms with Gasteiger partial charge in [0.2, 0.25) is 0 Å². The zero-order valence-electron chi connectivity index (χ0n) is 12.9. The summed E-state index contributed by atoms with van der Waals surface area (Å²) in [6, 6.07) is 5.35. The summed E-state index contributed by atoms with van der Waals surface area (Å²) in [4.78, 5) is 8.72. The van der Waals surface area contributed by atoms with E-state index in [0.717, 1.165) is 11.1 Å². The van der Waals surface area contributed by atoms with Crippen molar-refractivity contribution in [2.45, 2.75) is 18.2 Å². The van der Waals surface area contributed by atoms with Gasteiger partial charge in [-0.05, 0) is 24.0 Å². The lowest BCUT2D eigenvalue weighted by atomic mass is 10.2. The van der Waals surface area contributed by atoms with Crippen molar-refractivity contribution >= 4 is 52.4 Å². The summed E-state index contributed by atoms with van der Waals surface area (Å²) in [5.74, 6) is 0.635. The lowest BCUT2D eigenvalue weighted by Crippen LogP contribution is -2.20. The van der Waals surface area contributed by atoms with Gasteiger partial charge in [0, 0.05) is 35.2 Å². The van der Waals surface area contributed by atoms with E-state index in [4.69, 9.17) is 39.9 Å². The molecule has 0 unspecified atom stereocenters. The lowest BCUT2D eigenvalue weighted by molar-refractivity contribution is 0.292. The molecule has 0 saturated carbocycles. The molecular formula is C15H17Cl3N4OS. The van der Waals surface area contributed by atoms with Gasteiger partial charge in [-0.25, -0.2) is 9.97 Å². The van der Waals surface area contributed by atoms with Crippen molar-refractivity contribution in [1.29, 1.82) is 0 Å². The molecular weight excluding hydrogens is 391 g/mol. The van der Waals surface area contributed by atoms with Gasteiger partial charge in [0.1, 0.15) is 11.0 Å². The number of thioether (sulfide) groups is 1. The highest BCUT2D eigenvalue weighted by molar-refractivity contribution is 7.98. The van der Waals surface area contributed by atoms with Crippen LogP contribution in [-0.4, -0.2) is 34.5 Å². The Kier molecular flexibility index (Phi) is 7.87. The number of hydrogen-bond acceptors (Lipinski definition) is 6. The molecule has 0 aliphatic carbocycles. The van der Waals surface area contributed by atoms with Crippen LogP contribution < -0.4 is 10.6 Å². The molecule has 2 rings (SSSR count). The average molecular weight is 408 g/mol. The van der Waals surface area contributed by atoms with Gasteiger partial charge in [-0.2, -0.15) is 0 Å². The highest BCUT2D eigenvalue weighted by atomic mass is 35.5. The van der Waals surface area contributed by atoms with E-state index in [9.17, 15) is 0 Å². The summed E-state index contributed by atoms with van der Waals surface area (Å²) >= 11 is 19.8. The first-order chi connectivity index (χ1) is 11.5. The maximum Gasteiger partial charge on any atom is 0.190 e. The molecule has 0 saturated heterocycles. The fraction of sp³-hybridized carbons (Fsp3) is 0.333. The van der Waals surface area contributed by atoms with E-state index in [2.05, 4.69) is 20.6 Å². The number of halogens is 3. The van der Waals surface area contributed by atoms with Gasteiger partial charge >= 0.3 is 0 Å². The smallest absolute Gasteiger partial charge is 0.190 e. The van der Waals surface area contributed by atoms with E-state index in [1.54, 1.807) is 12.1 Å². The van der Waals surface area contributed by atoms with Crippen LogP contribution in [0.25, 0.3) is 0 Å².